The van der Waals surface area contributed by atoms with Gasteiger partial charge in [0.25, 0.3) is 17.7 Å². The number of nitrogens with one attached hydrogen (secondary N) is 4. The third-order valence-electron chi connectivity index (χ3n) is 11.4. The lowest BCUT2D eigenvalue weighted by atomic mass is 9.76. The third kappa shape index (κ3) is 10.5. The van der Waals surface area contributed by atoms with Crippen LogP contribution in [0.4, 0.5) is 11.4 Å². The number of aromatic nitrogens is 4. The quantitative estimate of drug-likeness (QED) is 0.0744. The topological polar surface area (TPSA) is 219 Å². The van der Waals surface area contributed by atoms with E-state index in [0.717, 1.165) is 53.9 Å². The number of hydrogen-bond donors (Lipinski definition) is 4. The van der Waals surface area contributed by atoms with Gasteiger partial charge >= 0.3 is 0 Å². The molecule has 0 bridgehead atoms. The molecule has 62 heavy (non-hydrogen) atoms. The lowest BCUT2D eigenvalue weighted by Crippen LogP contribution is -2.54. The fraction of sp³-hybridized carbons (Fsp3) is 0.455. The van der Waals surface area contributed by atoms with E-state index in [1.807, 2.05) is 36.1 Å². The van der Waals surface area contributed by atoms with Crippen molar-refractivity contribution in [1.29, 1.82) is 0 Å². The molecule has 0 radical (unpaired) electrons. The van der Waals surface area contributed by atoms with Gasteiger partial charge in [-0.3, -0.25) is 48.8 Å². The summed E-state index contributed by atoms with van der Waals surface area (Å²) >= 11 is 0. The Balaban J connectivity index is 0.777. The Labute approximate surface area is 359 Å². The van der Waals surface area contributed by atoms with Crippen LogP contribution < -0.4 is 16.0 Å². The van der Waals surface area contributed by atoms with Crippen molar-refractivity contribution in [3.63, 3.8) is 0 Å². The second-order valence-electron chi connectivity index (χ2n) is 16.6. The van der Waals surface area contributed by atoms with Crippen LogP contribution in [0.5, 0.6) is 0 Å². The van der Waals surface area contributed by atoms with Crippen LogP contribution in [0.15, 0.2) is 60.9 Å². The van der Waals surface area contributed by atoms with Crippen LogP contribution in [-0.2, 0) is 41.4 Å². The fourth-order valence-corrected chi connectivity index (χ4v) is 8.01. The summed E-state index contributed by atoms with van der Waals surface area (Å²) in [7, 11) is 2.04. The van der Waals surface area contributed by atoms with Gasteiger partial charge in [-0.05, 0) is 62.3 Å². The van der Waals surface area contributed by atoms with Gasteiger partial charge in [-0.15, -0.1) is 0 Å². The molecule has 4 N–H and O–H groups in total. The molecule has 0 saturated carbocycles. The van der Waals surface area contributed by atoms with Crippen LogP contribution in [0.1, 0.15) is 93.6 Å². The molecule has 4 heterocycles. The van der Waals surface area contributed by atoms with Crippen LogP contribution in [0.25, 0.3) is 0 Å². The Kier molecular flexibility index (Phi) is 14.0. The number of likely N-dealkylation sites (N-methyl/N-ethyl adjacent to an activating group) is 1. The number of rotatable bonds is 20. The van der Waals surface area contributed by atoms with E-state index in [-0.39, 0.29) is 66.8 Å². The minimum Gasteiger partial charge on any atom is -0.378 e. The summed E-state index contributed by atoms with van der Waals surface area (Å²) in [5.41, 5.74) is 4.57. The average molecular weight is 852 g/mol. The number of nitrogens with zero attached hydrogens (tertiary/aromatic N) is 5. The number of aromatic amines is 1. The number of anilines is 2. The van der Waals surface area contributed by atoms with E-state index in [1.165, 1.54) is 18.2 Å². The largest absolute Gasteiger partial charge is 0.378 e. The zero-order valence-corrected chi connectivity index (χ0v) is 35.2. The number of fused-ring (bicyclic) bond motifs is 2. The second kappa shape index (κ2) is 19.7. The third-order valence-corrected chi connectivity index (χ3v) is 11.4. The maximum absolute atomic E-state index is 13.3. The van der Waals surface area contributed by atoms with Crippen molar-refractivity contribution < 1.29 is 43.0 Å². The lowest BCUT2D eigenvalue weighted by Gasteiger charge is -2.28. The molecule has 1 fully saturated rings. The first-order chi connectivity index (χ1) is 29.9. The first kappa shape index (κ1) is 44.0. The summed E-state index contributed by atoms with van der Waals surface area (Å²) in [6.45, 7) is 7.20. The van der Waals surface area contributed by atoms with E-state index in [0.29, 0.717) is 37.7 Å². The van der Waals surface area contributed by atoms with E-state index in [9.17, 15) is 28.8 Å². The molecule has 2 unspecified atom stereocenters. The maximum atomic E-state index is 13.3. The summed E-state index contributed by atoms with van der Waals surface area (Å²) in [6, 6.07) is 13.5. The van der Waals surface area contributed by atoms with Crippen LogP contribution >= 0.6 is 0 Å². The summed E-state index contributed by atoms with van der Waals surface area (Å²) in [5.74, 6) is -3.33. The number of benzene rings is 2. The minimum atomic E-state index is -1.11. The predicted octanol–water partition coefficient (Wildman–Crippen LogP) is 3.37. The summed E-state index contributed by atoms with van der Waals surface area (Å²) < 4.78 is 18.7. The number of piperidine rings is 1. The van der Waals surface area contributed by atoms with Crippen LogP contribution in [0.2, 0.25) is 0 Å². The zero-order chi connectivity index (χ0) is 43.8. The van der Waals surface area contributed by atoms with Crippen LogP contribution in [0, 0.1) is 5.41 Å². The summed E-state index contributed by atoms with van der Waals surface area (Å²) in [4.78, 5) is 79.2. The molecule has 2 aliphatic heterocycles. The molecule has 328 valence electrons. The number of imide groups is 2. The molecule has 2 aromatic heterocycles. The smallest absolute Gasteiger partial charge is 0.276 e. The normalized spacial score (nSPS) is 17.5. The molecule has 7 rings (SSSR count). The Morgan fingerprint density at radius 3 is 2.45 bits per heavy atom. The van der Waals surface area contributed by atoms with Crippen molar-refractivity contribution in [2.24, 2.45) is 5.41 Å². The molecule has 3 aliphatic rings. The number of amides is 6. The molecule has 6 amide bonds. The Morgan fingerprint density at radius 2 is 1.68 bits per heavy atom. The fourth-order valence-electron chi connectivity index (χ4n) is 8.01. The number of carbonyl (C=O) groups excluding carboxylic acids is 6. The van der Waals surface area contributed by atoms with Gasteiger partial charge in [-0.25, -0.2) is 0 Å². The van der Waals surface area contributed by atoms with E-state index in [4.69, 9.17) is 14.2 Å². The van der Waals surface area contributed by atoms with Gasteiger partial charge in [0.2, 0.25) is 17.7 Å². The summed E-state index contributed by atoms with van der Waals surface area (Å²) in [6.07, 6.45) is 7.04. The average Bonchev–Trinajstić information content (AvgIpc) is 3.95. The lowest BCUT2D eigenvalue weighted by molar-refractivity contribution is -0.136. The molecular weight excluding hydrogens is 799 g/mol. The second-order valence-corrected chi connectivity index (χ2v) is 16.6. The number of hydrogen-bond acceptors (Lipinski definition) is 12. The Morgan fingerprint density at radius 1 is 0.919 bits per heavy atom. The van der Waals surface area contributed by atoms with Gasteiger partial charge in [0.15, 0.2) is 5.69 Å². The monoisotopic (exact) mass is 851 g/mol. The van der Waals surface area contributed by atoms with Gasteiger partial charge < -0.3 is 29.7 Å². The van der Waals surface area contributed by atoms with E-state index >= 15 is 0 Å². The Bertz CT molecular complexity index is 2290. The van der Waals surface area contributed by atoms with Crippen molar-refractivity contribution in [1.82, 2.24) is 35.1 Å². The highest BCUT2D eigenvalue weighted by Crippen LogP contribution is 2.35. The van der Waals surface area contributed by atoms with Crippen molar-refractivity contribution in [2.75, 3.05) is 70.4 Å². The maximum Gasteiger partial charge on any atom is 0.276 e. The van der Waals surface area contributed by atoms with Crippen molar-refractivity contribution in [3.05, 3.63) is 94.6 Å². The van der Waals surface area contributed by atoms with E-state index < -0.39 is 35.6 Å². The standard InChI is InChI=1S/C44H53N9O9/c1-44(2)16-14-30-33(24-44)49-50-39(30)41(57)46-29-25-45-52(26-29)34(28-8-5-4-6-9-28)15-17-51(3)18-19-60-20-21-61-22-23-62-27-37(55)47-32-11-7-10-31-38(32)43(59)53(42(31)58)35-12-13-36(54)48-40(35)56/h4-11,25-26,34-35H,12-24,27H2,1-3H3,(H,46,57)(H,47,55)(H,49,50)(H,48,54,56). The highest BCUT2D eigenvalue weighted by atomic mass is 16.5. The first-order valence-corrected chi connectivity index (χ1v) is 20.9. The highest BCUT2D eigenvalue weighted by Gasteiger charge is 2.45. The molecule has 0 spiro atoms. The molecule has 4 aromatic rings. The van der Waals surface area contributed by atoms with E-state index in [2.05, 4.69) is 62.1 Å². The van der Waals surface area contributed by atoms with Crippen molar-refractivity contribution >= 4 is 46.8 Å². The molecule has 18 nitrogen and oxygen atoms in total. The SMILES string of the molecule is CN(CCOCCOCCOCC(=O)Nc1cccc2c1C(=O)N(C1CCC(=O)NC1=O)C2=O)CCC(c1ccccc1)n1cc(NC(=O)c2n[nH]c3c2CCC(C)(C)C3)cn1. The molecular formula is C44H53N9O9. The minimum absolute atomic E-state index is 0.00605. The van der Waals surface area contributed by atoms with Crippen LogP contribution in [-0.4, -0.2) is 131 Å². The van der Waals surface area contributed by atoms with Gasteiger partial charge in [-0.2, -0.15) is 10.2 Å². The highest BCUT2D eigenvalue weighted by molar-refractivity contribution is 6.26. The molecule has 2 aromatic carbocycles. The summed E-state index contributed by atoms with van der Waals surface area (Å²) in [5, 5.41) is 19.9. The van der Waals surface area contributed by atoms with Gasteiger partial charge in [0.1, 0.15) is 12.6 Å². The zero-order valence-electron chi connectivity index (χ0n) is 35.2. The molecule has 2 atom stereocenters. The molecule has 1 aliphatic carbocycles. The number of H-pyrrole nitrogens is 1. The predicted molar refractivity (Wildman–Crippen MR) is 225 cm³/mol. The molecule has 1 saturated heterocycles. The van der Waals surface area contributed by atoms with Gasteiger partial charge in [0.05, 0.1) is 67.8 Å². The van der Waals surface area contributed by atoms with Crippen molar-refractivity contribution in [2.45, 2.75) is 64.5 Å². The first-order valence-electron chi connectivity index (χ1n) is 20.9. The van der Waals surface area contributed by atoms with Crippen molar-refractivity contribution in [3.8, 4) is 0 Å². The van der Waals surface area contributed by atoms with Crippen LogP contribution in [0.3, 0.4) is 0 Å². The number of carbonyl (C=O) groups is 6. The number of ether oxygens (including phenoxy) is 3. The molecule has 18 heteroatoms. The van der Waals surface area contributed by atoms with Gasteiger partial charge in [0, 0.05) is 37.0 Å². The van der Waals surface area contributed by atoms with Gasteiger partial charge in [-0.1, -0.05) is 50.2 Å². The van der Waals surface area contributed by atoms with E-state index in [1.54, 1.807) is 6.20 Å². The Hall–Kier alpha value is -6.08.